The summed E-state index contributed by atoms with van der Waals surface area (Å²) >= 11 is 5.88. The molecule has 3 rings (SSSR count). The summed E-state index contributed by atoms with van der Waals surface area (Å²) in [6, 6.07) is 11.0. The van der Waals surface area contributed by atoms with Gasteiger partial charge in [0.25, 0.3) is 0 Å². The lowest BCUT2D eigenvalue weighted by Crippen LogP contribution is -1.96. The quantitative estimate of drug-likeness (QED) is 0.755. The molecule has 2 heterocycles. The molecule has 0 amide bonds. The molecular weight excluding hydrogens is 262 g/mol. The minimum atomic E-state index is -0.109. The van der Waals surface area contributed by atoms with Crippen molar-refractivity contribution in [2.75, 3.05) is 5.73 Å². The van der Waals surface area contributed by atoms with Crippen molar-refractivity contribution in [3.8, 4) is 11.3 Å². The summed E-state index contributed by atoms with van der Waals surface area (Å²) in [7, 11) is 0. The molecule has 19 heavy (non-hydrogen) atoms. The molecule has 0 saturated carbocycles. The number of nitrogen functional groups attached to an aromatic ring is 1. The number of aliphatic hydroxyl groups excluding tert-OH is 1. The molecule has 1 aromatic carbocycles. The van der Waals surface area contributed by atoms with Gasteiger partial charge in [-0.25, -0.2) is 4.98 Å². The largest absolute Gasteiger partial charge is 0.398 e. The van der Waals surface area contributed by atoms with Crippen LogP contribution in [0.5, 0.6) is 0 Å². The summed E-state index contributed by atoms with van der Waals surface area (Å²) in [6.07, 6.45) is 1.76. The van der Waals surface area contributed by atoms with Crippen LogP contribution in [0.3, 0.4) is 0 Å². The van der Waals surface area contributed by atoms with Gasteiger partial charge in [-0.2, -0.15) is 0 Å². The Bertz CT molecular complexity index is 734. The molecule has 5 heteroatoms. The molecule has 0 atom stereocenters. The normalized spacial score (nSPS) is 11.1. The standard InChI is InChI=1S/C14H12ClN3O/c15-10-3-1-9(2-4-10)14-12(8-19)18-7-11(16)5-6-13(18)17-14/h1-7,19H,8,16H2. The van der Waals surface area contributed by atoms with Gasteiger partial charge >= 0.3 is 0 Å². The Kier molecular flexibility index (Phi) is 2.89. The smallest absolute Gasteiger partial charge is 0.137 e. The SMILES string of the molecule is Nc1ccc2nc(-c3ccc(Cl)cc3)c(CO)n2c1. The maximum atomic E-state index is 9.58. The number of hydrogen-bond acceptors (Lipinski definition) is 3. The second kappa shape index (κ2) is 4.57. The van der Waals surface area contributed by atoms with Gasteiger partial charge in [-0.15, -0.1) is 0 Å². The van der Waals surface area contributed by atoms with Gasteiger partial charge in [-0.3, -0.25) is 4.40 Å². The van der Waals surface area contributed by atoms with Crippen molar-refractivity contribution in [2.24, 2.45) is 0 Å². The highest BCUT2D eigenvalue weighted by Crippen LogP contribution is 2.26. The number of aromatic nitrogens is 2. The lowest BCUT2D eigenvalue weighted by Gasteiger charge is -2.02. The Morgan fingerprint density at radius 2 is 1.89 bits per heavy atom. The second-order valence-electron chi connectivity index (χ2n) is 4.26. The fourth-order valence-electron chi connectivity index (χ4n) is 2.10. The predicted molar refractivity (Wildman–Crippen MR) is 76.0 cm³/mol. The summed E-state index contributed by atoms with van der Waals surface area (Å²) in [5.74, 6) is 0. The van der Waals surface area contributed by atoms with Crippen molar-refractivity contribution < 1.29 is 5.11 Å². The van der Waals surface area contributed by atoms with E-state index in [-0.39, 0.29) is 6.61 Å². The van der Waals surface area contributed by atoms with Crippen LogP contribution in [0.2, 0.25) is 5.02 Å². The number of aliphatic hydroxyl groups is 1. The topological polar surface area (TPSA) is 63.5 Å². The highest BCUT2D eigenvalue weighted by molar-refractivity contribution is 6.30. The van der Waals surface area contributed by atoms with E-state index in [1.165, 1.54) is 0 Å². The Balaban J connectivity index is 2.25. The lowest BCUT2D eigenvalue weighted by atomic mass is 10.1. The highest BCUT2D eigenvalue weighted by atomic mass is 35.5. The van der Waals surface area contributed by atoms with Crippen molar-refractivity contribution in [2.45, 2.75) is 6.61 Å². The molecule has 2 aromatic heterocycles. The number of anilines is 1. The Hall–Kier alpha value is -2.04. The molecule has 0 aliphatic heterocycles. The Morgan fingerprint density at radius 3 is 2.58 bits per heavy atom. The first kappa shape index (κ1) is 12.0. The monoisotopic (exact) mass is 273 g/mol. The summed E-state index contributed by atoms with van der Waals surface area (Å²) in [5, 5.41) is 10.3. The minimum Gasteiger partial charge on any atom is -0.398 e. The average Bonchev–Trinajstić information content (AvgIpc) is 2.77. The maximum absolute atomic E-state index is 9.58. The van der Waals surface area contributed by atoms with Crippen LogP contribution in [-0.4, -0.2) is 14.5 Å². The van der Waals surface area contributed by atoms with Crippen LogP contribution in [0.25, 0.3) is 16.9 Å². The first-order valence-electron chi connectivity index (χ1n) is 5.82. The molecule has 0 aliphatic carbocycles. The van der Waals surface area contributed by atoms with Gasteiger partial charge in [0.2, 0.25) is 0 Å². The van der Waals surface area contributed by atoms with E-state index in [2.05, 4.69) is 4.98 Å². The fourth-order valence-corrected chi connectivity index (χ4v) is 2.23. The number of pyridine rings is 1. The summed E-state index contributed by atoms with van der Waals surface area (Å²) < 4.78 is 1.80. The van der Waals surface area contributed by atoms with E-state index in [9.17, 15) is 5.11 Å². The van der Waals surface area contributed by atoms with Crippen LogP contribution < -0.4 is 5.73 Å². The van der Waals surface area contributed by atoms with Crippen LogP contribution >= 0.6 is 11.6 Å². The molecule has 96 valence electrons. The van der Waals surface area contributed by atoms with E-state index < -0.39 is 0 Å². The molecule has 0 saturated heterocycles. The van der Waals surface area contributed by atoms with E-state index in [0.29, 0.717) is 16.4 Å². The molecular formula is C14H12ClN3O. The second-order valence-corrected chi connectivity index (χ2v) is 4.70. The third-order valence-electron chi connectivity index (χ3n) is 3.01. The number of fused-ring (bicyclic) bond motifs is 1. The summed E-state index contributed by atoms with van der Waals surface area (Å²) in [5.41, 5.74) is 9.51. The first-order valence-corrected chi connectivity index (χ1v) is 6.20. The van der Waals surface area contributed by atoms with Crippen LogP contribution in [0.1, 0.15) is 5.69 Å². The van der Waals surface area contributed by atoms with E-state index in [0.717, 1.165) is 16.9 Å². The van der Waals surface area contributed by atoms with Crippen LogP contribution in [0.15, 0.2) is 42.6 Å². The predicted octanol–water partition coefficient (Wildman–Crippen LogP) is 2.73. The molecule has 4 nitrogen and oxygen atoms in total. The van der Waals surface area contributed by atoms with Gasteiger partial charge < -0.3 is 10.8 Å². The van der Waals surface area contributed by atoms with E-state index in [1.54, 1.807) is 28.8 Å². The first-order chi connectivity index (χ1) is 9.19. The lowest BCUT2D eigenvalue weighted by molar-refractivity contribution is 0.276. The third-order valence-corrected chi connectivity index (χ3v) is 3.26. The zero-order valence-corrected chi connectivity index (χ0v) is 10.8. The maximum Gasteiger partial charge on any atom is 0.137 e. The zero-order chi connectivity index (χ0) is 13.4. The Morgan fingerprint density at radius 1 is 1.16 bits per heavy atom. The average molecular weight is 274 g/mol. The summed E-state index contributed by atoms with van der Waals surface area (Å²) in [6.45, 7) is -0.109. The summed E-state index contributed by atoms with van der Waals surface area (Å²) in [4.78, 5) is 4.53. The van der Waals surface area contributed by atoms with Gasteiger partial charge in [0.15, 0.2) is 0 Å². The number of imidazole rings is 1. The van der Waals surface area contributed by atoms with E-state index >= 15 is 0 Å². The molecule has 3 aromatic rings. The molecule has 0 fully saturated rings. The Labute approximate surface area is 115 Å². The van der Waals surface area contributed by atoms with Gasteiger partial charge in [-0.05, 0) is 24.3 Å². The number of nitrogens with two attached hydrogens (primary N) is 1. The number of halogens is 1. The van der Waals surface area contributed by atoms with Crippen molar-refractivity contribution in [1.29, 1.82) is 0 Å². The molecule has 0 radical (unpaired) electrons. The fraction of sp³-hybridized carbons (Fsp3) is 0.0714. The van der Waals surface area contributed by atoms with Gasteiger partial charge in [-0.1, -0.05) is 23.7 Å². The molecule has 0 bridgehead atoms. The molecule has 3 N–H and O–H groups in total. The van der Waals surface area contributed by atoms with Crippen molar-refractivity contribution in [1.82, 2.24) is 9.38 Å². The van der Waals surface area contributed by atoms with Crippen molar-refractivity contribution in [3.63, 3.8) is 0 Å². The molecule has 0 spiro atoms. The van der Waals surface area contributed by atoms with Gasteiger partial charge in [0.05, 0.1) is 18.0 Å². The molecule has 0 aliphatic rings. The van der Waals surface area contributed by atoms with E-state index in [4.69, 9.17) is 17.3 Å². The zero-order valence-electron chi connectivity index (χ0n) is 10.0. The van der Waals surface area contributed by atoms with Gasteiger partial charge in [0, 0.05) is 22.5 Å². The number of rotatable bonds is 2. The number of nitrogens with zero attached hydrogens (tertiary/aromatic N) is 2. The van der Waals surface area contributed by atoms with Crippen molar-refractivity contribution in [3.05, 3.63) is 53.3 Å². The highest BCUT2D eigenvalue weighted by Gasteiger charge is 2.13. The minimum absolute atomic E-state index is 0.109. The number of hydrogen-bond donors (Lipinski definition) is 2. The third kappa shape index (κ3) is 2.05. The number of benzene rings is 1. The van der Waals surface area contributed by atoms with Crippen molar-refractivity contribution >= 4 is 22.9 Å². The van der Waals surface area contributed by atoms with Crippen LogP contribution in [0, 0.1) is 0 Å². The van der Waals surface area contributed by atoms with Crippen LogP contribution in [0.4, 0.5) is 5.69 Å². The van der Waals surface area contributed by atoms with Crippen LogP contribution in [-0.2, 0) is 6.61 Å². The van der Waals surface area contributed by atoms with Gasteiger partial charge in [0.1, 0.15) is 5.65 Å². The van der Waals surface area contributed by atoms with E-state index in [1.807, 2.05) is 18.2 Å². The molecule has 0 unspecified atom stereocenters.